The van der Waals surface area contributed by atoms with Gasteiger partial charge in [-0.05, 0) is 50.3 Å². The molecule has 0 aliphatic heterocycles. The van der Waals surface area contributed by atoms with Gasteiger partial charge in [-0.3, -0.25) is 0 Å². The predicted octanol–water partition coefficient (Wildman–Crippen LogP) is 4.22. The maximum atomic E-state index is 3.72. The maximum absolute atomic E-state index is 3.72. The van der Waals surface area contributed by atoms with Crippen LogP contribution >= 0.6 is 0 Å². The molecule has 2 aromatic rings. The third-order valence-corrected chi connectivity index (χ3v) is 4.90. The minimum absolute atomic E-state index is 0.0835. The van der Waals surface area contributed by atoms with Crippen molar-refractivity contribution in [1.29, 1.82) is 0 Å². The second-order valence-electron chi connectivity index (χ2n) is 6.16. The van der Waals surface area contributed by atoms with Gasteiger partial charge in [0.05, 0.1) is 6.04 Å². The quantitative estimate of drug-likeness (QED) is 0.854. The Balaban J connectivity index is 2.60. The molecule has 2 heteroatoms. The third kappa shape index (κ3) is 2.97. The molecular formula is C19H28N2. The van der Waals surface area contributed by atoms with Crippen LogP contribution in [0, 0.1) is 0 Å². The van der Waals surface area contributed by atoms with Crippen molar-refractivity contribution in [3.05, 3.63) is 48.0 Å². The van der Waals surface area contributed by atoms with Gasteiger partial charge in [-0.25, -0.2) is 0 Å². The zero-order valence-electron chi connectivity index (χ0n) is 14.0. The molecule has 0 saturated heterocycles. The van der Waals surface area contributed by atoms with Crippen molar-refractivity contribution >= 4 is 10.8 Å². The van der Waals surface area contributed by atoms with Crippen LogP contribution < -0.4 is 5.32 Å². The molecule has 0 radical (unpaired) electrons. The Morgan fingerprint density at radius 2 is 1.71 bits per heavy atom. The molecule has 1 N–H and O–H groups in total. The van der Waals surface area contributed by atoms with Gasteiger partial charge in [-0.2, -0.15) is 0 Å². The fourth-order valence-electron chi connectivity index (χ4n) is 3.15. The van der Waals surface area contributed by atoms with Crippen LogP contribution in [0.5, 0.6) is 0 Å². The molecule has 114 valence electrons. The van der Waals surface area contributed by atoms with Crippen molar-refractivity contribution in [1.82, 2.24) is 10.2 Å². The minimum atomic E-state index is 0.0835. The SMILES string of the molecule is CCNC(c1cccc2ccccc12)C(C)(CC)N(C)C. The van der Waals surface area contributed by atoms with E-state index in [-0.39, 0.29) is 5.54 Å². The summed E-state index contributed by atoms with van der Waals surface area (Å²) in [5.41, 5.74) is 1.48. The molecule has 21 heavy (non-hydrogen) atoms. The van der Waals surface area contributed by atoms with Gasteiger partial charge in [0, 0.05) is 5.54 Å². The Morgan fingerprint density at radius 1 is 1.05 bits per heavy atom. The average Bonchev–Trinajstić information content (AvgIpc) is 2.51. The number of nitrogens with zero attached hydrogens (tertiary/aromatic N) is 1. The Kier molecular flexibility index (Phi) is 5.02. The third-order valence-electron chi connectivity index (χ3n) is 4.90. The highest BCUT2D eigenvalue weighted by Gasteiger charge is 2.35. The molecule has 0 saturated carbocycles. The highest BCUT2D eigenvalue weighted by molar-refractivity contribution is 5.86. The highest BCUT2D eigenvalue weighted by atomic mass is 15.2. The second-order valence-corrected chi connectivity index (χ2v) is 6.16. The van der Waals surface area contributed by atoms with Gasteiger partial charge in [0.15, 0.2) is 0 Å². The molecule has 2 rings (SSSR count). The van der Waals surface area contributed by atoms with Gasteiger partial charge < -0.3 is 10.2 Å². The van der Waals surface area contributed by atoms with Crippen molar-refractivity contribution in [3.63, 3.8) is 0 Å². The molecule has 2 unspecified atom stereocenters. The molecule has 0 spiro atoms. The smallest absolute Gasteiger partial charge is 0.0510 e. The van der Waals surface area contributed by atoms with Crippen LogP contribution in [-0.4, -0.2) is 31.1 Å². The standard InChI is InChI=1S/C19H28N2/c1-6-19(3,21(4)5)18(20-7-2)17-14-10-12-15-11-8-9-13-16(15)17/h8-14,18,20H,6-7H2,1-5H3. The number of fused-ring (bicyclic) bond motifs is 1. The first-order valence-corrected chi connectivity index (χ1v) is 7.93. The van der Waals surface area contributed by atoms with E-state index in [1.807, 2.05) is 0 Å². The average molecular weight is 284 g/mol. The summed E-state index contributed by atoms with van der Waals surface area (Å²) in [5.74, 6) is 0. The summed E-state index contributed by atoms with van der Waals surface area (Å²) in [4.78, 5) is 2.35. The van der Waals surface area contributed by atoms with E-state index >= 15 is 0 Å². The number of nitrogens with one attached hydrogen (secondary N) is 1. The number of hydrogen-bond acceptors (Lipinski definition) is 2. The Bertz CT molecular complexity index is 586. The summed E-state index contributed by atoms with van der Waals surface area (Å²) in [7, 11) is 4.36. The van der Waals surface area contributed by atoms with Gasteiger partial charge in [0.1, 0.15) is 0 Å². The first-order valence-electron chi connectivity index (χ1n) is 7.93. The summed E-state index contributed by atoms with van der Waals surface area (Å²) in [6.45, 7) is 7.78. The fourth-order valence-corrected chi connectivity index (χ4v) is 3.15. The summed E-state index contributed by atoms with van der Waals surface area (Å²) in [6.07, 6.45) is 1.10. The van der Waals surface area contributed by atoms with E-state index in [4.69, 9.17) is 0 Å². The minimum Gasteiger partial charge on any atom is -0.309 e. The van der Waals surface area contributed by atoms with Crippen molar-refractivity contribution in [2.45, 2.75) is 38.8 Å². The first-order chi connectivity index (χ1) is 10.0. The van der Waals surface area contributed by atoms with Gasteiger partial charge in [0.25, 0.3) is 0 Å². The lowest BCUT2D eigenvalue weighted by Gasteiger charge is -2.43. The Labute approximate surface area is 129 Å². The van der Waals surface area contributed by atoms with E-state index in [1.165, 1.54) is 16.3 Å². The molecule has 0 aliphatic carbocycles. The predicted molar refractivity (Wildman–Crippen MR) is 92.7 cm³/mol. The summed E-state index contributed by atoms with van der Waals surface area (Å²) in [5, 5.41) is 6.39. The summed E-state index contributed by atoms with van der Waals surface area (Å²) < 4.78 is 0. The van der Waals surface area contributed by atoms with Gasteiger partial charge in [-0.1, -0.05) is 56.3 Å². The topological polar surface area (TPSA) is 15.3 Å². The van der Waals surface area contributed by atoms with Crippen LogP contribution in [0.15, 0.2) is 42.5 Å². The summed E-state index contributed by atoms with van der Waals surface area (Å²) >= 11 is 0. The van der Waals surface area contributed by atoms with Gasteiger partial charge in [-0.15, -0.1) is 0 Å². The molecule has 0 heterocycles. The van der Waals surface area contributed by atoms with E-state index < -0.39 is 0 Å². The Hall–Kier alpha value is -1.38. The molecule has 0 aromatic heterocycles. The van der Waals surface area contributed by atoms with Crippen LogP contribution in [0.25, 0.3) is 10.8 Å². The van der Waals surface area contributed by atoms with Gasteiger partial charge in [0.2, 0.25) is 0 Å². The second kappa shape index (κ2) is 6.59. The van der Waals surface area contributed by atoms with Crippen molar-refractivity contribution in [2.24, 2.45) is 0 Å². The van der Waals surface area contributed by atoms with E-state index in [9.17, 15) is 0 Å². The lowest BCUT2D eigenvalue weighted by molar-refractivity contribution is 0.114. The van der Waals surface area contributed by atoms with E-state index in [1.54, 1.807) is 0 Å². The zero-order valence-corrected chi connectivity index (χ0v) is 14.0. The van der Waals surface area contributed by atoms with Crippen LogP contribution in [-0.2, 0) is 0 Å². The van der Waals surface area contributed by atoms with Crippen LogP contribution in [0.3, 0.4) is 0 Å². The van der Waals surface area contributed by atoms with Crippen LogP contribution in [0.1, 0.15) is 38.8 Å². The summed E-state index contributed by atoms with van der Waals surface area (Å²) in [6, 6.07) is 15.6. The van der Waals surface area contributed by atoms with Crippen LogP contribution in [0.2, 0.25) is 0 Å². The molecule has 0 aliphatic rings. The molecule has 2 nitrogen and oxygen atoms in total. The van der Waals surface area contributed by atoms with Crippen molar-refractivity contribution in [3.8, 4) is 0 Å². The van der Waals surface area contributed by atoms with Gasteiger partial charge >= 0.3 is 0 Å². The number of hydrogen-bond donors (Lipinski definition) is 1. The lowest BCUT2D eigenvalue weighted by atomic mass is 9.81. The monoisotopic (exact) mass is 284 g/mol. The van der Waals surface area contributed by atoms with Crippen molar-refractivity contribution in [2.75, 3.05) is 20.6 Å². The number of benzene rings is 2. The molecule has 2 aromatic carbocycles. The van der Waals surface area contributed by atoms with Crippen LogP contribution in [0.4, 0.5) is 0 Å². The molecular weight excluding hydrogens is 256 g/mol. The normalized spacial score (nSPS) is 16.1. The molecule has 0 bridgehead atoms. The number of rotatable bonds is 6. The highest BCUT2D eigenvalue weighted by Crippen LogP contribution is 2.36. The zero-order chi connectivity index (χ0) is 15.5. The van der Waals surface area contributed by atoms with E-state index in [0.29, 0.717) is 6.04 Å². The lowest BCUT2D eigenvalue weighted by Crippen LogP contribution is -2.51. The largest absolute Gasteiger partial charge is 0.309 e. The Morgan fingerprint density at radius 3 is 2.33 bits per heavy atom. The van der Waals surface area contributed by atoms with E-state index in [2.05, 4.69) is 87.5 Å². The fraction of sp³-hybridized carbons (Fsp3) is 0.474. The first kappa shape index (κ1) is 16.0. The molecule has 0 fully saturated rings. The molecule has 0 amide bonds. The van der Waals surface area contributed by atoms with Crippen molar-refractivity contribution < 1.29 is 0 Å². The maximum Gasteiger partial charge on any atom is 0.0510 e. The number of likely N-dealkylation sites (N-methyl/N-ethyl adjacent to an activating group) is 2. The molecule has 2 atom stereocenters. The van der Waals surface area contributed by atoms with E-state index in [0.717, 1.165) is 13.0 Å².